The van der Waals surface area contributed by atoms with E-state index in [0.717, 1.165) is 0 Å². The Hall–Kier alpha value is -2.29. The number of carbonyl (C=O) groups is 3. The van der Waals surface area contributed by atoms with Gasteiger partial charge in [-0.25, -0.2) is 9.59 Å². The van der Waals surface area contributed by atoms with E-state index in [2.05, 4.69) is 21.2 Å². The van der Waals surface area contributed by atoms with Crippen LogP contribution in [0.2, 0.25) is 0 Å². The van der Waals surface area contributed by atoms with Gasteiger partial charge < -0.3 is 19.5 Å². The molecule has 1 atom stereocenters. The summed E-state index contributed by atoms with van der Waals surface area (Å²) in [5.41, 5.74) is -0.174. The quantitative estimate of drug-likeness (QED) is 0.695. The molecule has 8 nitrogen and oxygen atoms in total. The van der Waals surface area contributed by atoms with Crippen molar-refractivity contribution in [3.63, 3.8) is 0 Å². The highest BCUT2D eigenvalue weighted by Crippen LogP contribution is 2.34. The lowest BCUT2D eigenvalue weighted by atomic mass is 10.1. The molecular formula is C19H25BrN2O6. The molecule has 1 fully saturated rings. The topological polar surface area (TPSA) is 94.2 Å². The number of esters is 1. The van der Waals surface area contributed by atoms with Crippen molar-refractivity contribution >= 4 is 39.6 Å². The fourth-order valence-electron chi connectivity index (χ4n) is 2.96. The van der Waals surface area contributed by atoms with E-state index in [1.807, 2.05) is 0 Å². The SMILES string of the molecule is COC(=O)c1cc(Br)cc(NC(=O)[C@@H]2CCCN2C(=O)OC(C)(C)C)c1OC. The Morgan fingerprint density at radius 3 is 2.46 bits per heavy atom. The largest absolute Gasteiger partial charge is 0.494 e. The molecule has 1 aromatic rings. The molecule has 1 aliphatic heterocycles. The highest BCUT2D eigenvalue weighted by atomic mass is 79.9. The van der Waals surface area contributed by atoms with Crippen molar-refractivity contribution in [3.05, 3.63) is 22.2 Å². The van der Waals surface area contributed by atoms with Gasteiger partial charge in [0.25, 0.3) is 0 Å². The molecule has 9 heteroatoms. The molecule has 154 valence electrons. The van der Waals surface area contributed by atoms with Crippen LogP contribution in [0.15, 0.2) is 16.6 Å². The van der Waals surface area contributed by atoms with Gasteiger partial charge in [-0.3, -0.25) is 9.69 Å². The molecule has 1 N–H and O–H groups in total. The Morgan fingerprint density at radius 2 is 1.89 bits per heavy atom. The van der Waals surface area contributed by atoms with E-state index in [-0.39, 0.29) is 17.2 Å². The number of nitrogens with one attached hydrogen (secondary N) is 1. The van der Waals surface area contributed by atoms with Gasteiger partial charge in [-0.15, -0.1) is 0 Å². The summed E-state index contributed by atoms with van der Waals surface area (Å²) < 4.78 is 16.0. The van der Waals surface area contributed by atoms with E-state index >= 15 is 0 Å². The van der Waals surface area contributed by atoms with Crippen molar-refractivity contribution in [2.75, 3.05) is 26.1 Å². The van der Waals surface area contributed by atoms with Gasteiger partial charge in [-0.2, -0.15) is 0 Å². The Balaban J connectivity index is 2.25. The molecule has 2 rings (SSSR count). The maximum atomic E-state index is 12.9. The average Bonchev–Trinajstić information content (AvgIpc) is 3.09. The van der Waals surface area contributed by atoms with Gasteiger partial charge >= 0.3 is 12.1 Å². The van der Waals surface area contributed by atoms with Crippen LogP contribution in [-0.2, 0) is 14.3 Å². The zero-order chi connectivity index (χ0) is 21.1. The van der Waals surface area contributed by atoms with Gasteiger partial charge in [-0.05, 0) is 45.7 Å². The predicted octanol–water partition coefficient (Wildman–Crippen LogP) is 3.58. The molecular weight excluding hydrogens is 432 g/mol. The lowest BCUT2D eigenvalue weighted by Crippen LogP contribution is -2.45. The second-order valence-electron chi connectivity index (χ2n) is 7.35. The number of nitrogens with zero attached hydrogens (tertiary/aromatic N) is 1. The third-order valence-electron chi connectivity index (χ3n) is 4.10. The van der Waals surface area contributed by atoms with Crippen LogP contribution in [-0.4, -0.2) is 55.3 Å². The number of anilines is 1. The highest BCUT2D eigenvalue weighted by Gasteiger charge is 2.37. The minimum Gasteiger partial charge on any atom is -0.494 e. The third kappa shape index (κ3) is 5.15. The second-order valence-corrected chi connectivity index (χ2v) is 8.26. The van der Waals surface area contributed by atoms with Crippen molar-refractivity contribution in [3.8, 4) is 5.75 Å². The van der Waals surface area contributed by atoms with E-state index < -0.39 is 23.7 Å². The molecule has 1 saturated heterocycles. The minimum atomic E-state index is -0.667. The van der Waals surface area contributed by atoms with Crippen LogP contribution in [0.5, 0.6) is 5.75 Å². The van der Waals surface area contributed by atoms with Crippen LogP contribution in [0.1, 0.15) is 44.0 Å². The summed E-state index contributed by atoms with van der Waals surface area (Å²) in [7, 11) is 2.66. The number of carbonyl (C=O) groups excluding carboxylic acids is 3. The van der Waals surface area contributed by atoms with Crippen LogP contribution < -0.4 is 10.1 Å². The van der Waals surface area contributed by atoms with Crippen molar-refractivity contribution in [1.29, 1.82) is 0 Å². The molecule has 1 heterocycles. The average molecular weight is 457 g/mol. The standard InChI is InChI=1S/C19H25BrN2O6/c1-19(2,3)28-18(25)22-8-6-7-14(22)16(23)21-13-10-11(20)9-12(15(13)26-4)17(24)27-5/h9-10,14H,6-8H2,1-5H3,(H,21,23)/t14-/m0/s1. The van der Waals surface area contributed by atoms with Gasteiger partial charge in [0.15, 0.2) is 5.75 Å². The van der Waals surface area contributed by atoms with Crippen LogP contribution in [0.4, 0.5) is 10.5 Å². The Labute approximate surface area is 172 Å². The second kappa shape index (κ2) is 8.81. The van der Waals surface area contributed by atoms with E-state index in [4.69, 9.17) is 14.2 Å². The Morgan fingerprint density at radius 1 is 1.21 bits per heavy atom. The molecule has 0 bridgehead atoms. The first-order valence-electron chi connectivity index (χ1n) is 8.83. The van der Waals surface area contributed by atoms with E-state index in [1.54, 1.807) is 32.9 Å². The fraction of sp³-hybridized carbons (Fsp3) is 0.526. The minimum absolute atomic E-state index is 0.171. The highest BCUT2D eigenvalue weighted by molar-refractivity contribution is 9.10. The van der Waals surface area contributed by atoms with Crippen molar-refractivity contribution in [2.45, 2.75) is 45.3 Å². The van der Waals surface area contributed by atoms with Crippen LogP contribution in [0.3, 0.4) is 0 Å². The number of hydrogen-bond acceptors (Lipinski definition) is 6. The zero-order valence-corrected chi connectivity index (χ0v) is 18.2. The smallest absolute Gasteiger partial charge is 0.410 e. The summed E-state index contributed by atoms with van der Waals surface area (Å²) in [5.74, 6) is -0.786. The molecule has 1 aromatic carbocycles. The van der Waals surface area contributed by atoms with Crippen molar-refractivity contribution < 1.29 is 28.6 Å². The van der Waals surface area contributed by atoms with E-state index in [1.165, 1.54) is 19.1 Å². The van der Waals surface area contributed by atoms with E-state index in [9.17, 15) is 14.4 Å². The van der Waals surface area contributed by atoms with Gasteiger partial charge in [0.1, 0.15) is 17.2 Å². The lowest BCUT2D eigenvalue weighted by Gasteiger charge is -2.28. The number of halogens is 1. The van der Waals surface area contributed by atoms with Gasteiger partial charge in [-0.1, -0.05) is 15.9 Å². The summed E-state index contributed by atoms with van der Waals surface area (Å²) in [6.45, 7) is 5.76. The monoisotopic (exact) mass is 456 g/mol. The first-order valence-corrected chi connectivity index (χ1v) is 9.63. The molecule has 0 aromatic heterocycles. The predicted molar refractivity (Wildman–Crippen MR) is 107 cm³/mol. The van der Waals surface area contributed by atoms with Gasteiger partial charge in [0.2, 0.25) is 5.91 Å². The summed E-state index contributed by atoms with van der Waals surface area (Å²) >= 11 is 3.32. The molecule has 0 saturated carbocycles. The number of likely N-dealkylation sites (tertiary alicyclic amines) is 1. The van der Waals surface area contributed by atoms with Crippen LogP contribution in [0.25, 0.3) is 0 Å². The maximum Gasteiger partial charge on any atom is 0.410 e. The zero-order valence-electron chi connectivity index (χ0n) is 16.6. The van der Waals surface area contributed by atoms with Crippen LogP contribution >= 0.6 is 15.9 Å². The van der Waals surface area contributed by atoms with Gasteiger partial charge in [0.05, 0.1) is 19.9 Å². The summed E-state index contributed by atoms with van der Waals surface area (Å²) in [4.78, 5) is 38.7. The number of hydrogen-bond donors (Lipinski definition) is 1. The van der Waals surface area contributed by atoms with E-state index in [0.29, 0.717) is 29.5 Å². The number of amides is 2. The molecule has 0 radical (unpaired) electrons. The maximum absolute atomic E-state index is 12.9. The number of ether oxygens (including phenoxy) is 3. The molecule has 1 aliphatic rings. The fourth-order valence-corrected chi connectivity index (χ4v) is 3.42. The first-order chi connectivity index (χ1) is 13.1. The number of benzene rings is 1. The molecule has 0 unspecified atom stereocenters. The third-order valence-corrected chi connectivity index (χ3v) is 4.56. The first kappa shape index (κ1) is 22.0. The lowest BCUT2D eigenvalue weighted by molar-refractivity contribution is -0.120. The van der Waals surface area contributed by atoms with Crippen molar-refractivity contribution in [1.82, 2.24) is 4.90 Å². The molecule has 0 spiro atoms. The number of methoxy groups -OCH3 is 2. The summed E-state index contributed by atoms with van der Waals surface area (Å²) in [5, 5.41) is 2.76. The molecule has 2 amide bonds. The summed E-state index contributed by atoms with van der Waals surface area (Å²) in [6.07, 6.45) is 0.688. The van der Waals surface area contributed by atoms with Crippen molar-refractivity contribution in [2.24, 2.45) is 0 Å². The van der Waals surface area contributed by atoms with Crippen LogP contribution in [0, 0.1) is 0 Å². The Bertz CT molecular complexity index is 774. The Kier molecular flexibility index (Phi) is 6.92. The van der Waals surface area contributed by atoms with Gasteiger partial charge in [0, 0.05) is 11.0 Å². The molecule has 28 heavy (non-hydrogen) atoms. The normalized spacial score (nSPS) is 16.5. The summed E-state index contributed by atoms with van der Waals surface area (Å²) in [6, 6.07) is 2.50. The molecule has 0 aliphatic carbocycles. The number of rotatable bonds is 4.